The standard InChI is InChI=1S/C17H19N3O3S/c1-12(21)20-14-5-2-4-13(10-14)17(23)19-8-7-18-16(22)11-15-6-3-9-24-15/h2-6,9-10H,7-8,11H2,1H3,(H,18,22)(H,19,23)(H,20,21). The quantitative estimate of drug-likeness (QED) is 0.669. The van der Waals surface area contributed by atoms with Gasteiger partial charge in [-0.25, -0.2) is 0 Å². The Morgan fingerprint density at radius 2 is 1.83 bits per heavy atom. The summed E-state index contributed by atoms with van der Waals surface area (Å²) < 4.78 is 0. The Kier molecular flexibility index (Phi) is 6.51. The zero-order valence-electron chi connectivity index (χ0n) is 13.3. The van der Waals surface area contributed by atoms with Crippen LogP contribution < -0.4 is 16.0 Å². The van der Waals surface area contributed by atoms with E-state index in [2.05, 4.69) is 16.0 Å². The Morgan fingerprint density at radius 3 is 2.54 bits per heavy atom. The molecule has 126 valence electrons. The highest BCUT2D eigenvalue weighted by atomic mass is 32.1. The molecule has 6 nitrogen and oxygen atoms in total. The lowest BCUT2D eigenvalue weighted by molar-refractivity contribution is -0.120. The number of hydrogen-bond donors (Lipinski definition) is 3. The molecule has 0 unspecified atom stereocenters. The number of rotatable bonds is 7. The molecule has 7 heteroatoms. The molecule has 3 N–H and O–H groups in total. The van der Waals surface area contributed by atoms with Crippen molar-refractivity contribution in [3.63, 3.8) is 0 Å². The van der Waals surface area contributed by atoms with Gasteiger partial charge in [-0.15, -0.1) is 11.3 Å². The number of hydrogen-bond acceptors (Lipinski definition) is 4. The highest BCUT2D eigenvalue weighted by Crippen LogP contribution is 2.10. The van der Waals surface area contributed by atoms with Crippen molar-refractivity contribution in [3.05, 3.63) is 52.2 Å². The highest BCUT2D eigenvalue weighted by molar-refractivity contribution is 7.10. The molecule has 0 radical (unpaired) electrons. The van der Waals surface area contributed by atoms with Crippen molar-refractivity contribution in [2.24, 2.45) is 0 Å². The van der Waals surface area contributed by atoms with Crippen molar-refractivity contribution in [1.82, 2.24) is 10.6 Å². The predicted molar refractivity (Wildman–Crippen MR) is 94.1 cm³/mol. The van der Waals surface area contributed by atoms with Crippen molar-refractivity contribution in [1.29, 1.82) is 0 Å². The molecular weight excluding hydrogens is 326 g/mol. The zero-order chi connectivity index (χ0) is 17.4. The van der Waals surface area contributed by atoms with Gasteiger partial charge in [0.15, 0.2) is 0 Å². The van der Waals surface area contributed by atoms with E-state index in [0.717, 1.165) is 4.88 Å². The Hall–Kier alpha value is -2.67. The first-order valence-corrected chi connectivity index (χ1v) is 8.37. The summed E-state index contributed by atoms with van der Waals surface area (Å²) in [4.78, 5) is 35.8. The third-order valence-electron chi connectivity index (χ3n) is 3.09. The number of carbonyl (C=O) groups excluding carboxylic acids is 3. The van der Waals surface area contributed by atoms with E-state index >= 15 is 0 Å². The van der Waals surface area contributed by atoms with E-state index in [9.17, 15) is 14.4 Å². The first-order chi connectivity index (χ1) is 11.5. The van der Waals surface area contributed by atoms with Crippen LogP contribution in [0.15, 0.2) is 41.8 Å². The van der Waals surface area contributed by atoms with Crippen molar-refractivity contribution in [2.45, 2.75) is 13.3 Å². The molecule has 2 aromatic rings. The third-order valence-corrected chi connectivity index (χ3v) is 3.97. The Bertz CT molecular complexity index is 714. The fourth-order valence-electron chi connectivity index (χ4n) is 2.06. The maximum absolute atomic E-state index is 12.0. The molecule has 0 aliphatic rings. The summed E-state index contributed by atoms with van der Waals surface area (Å²) in [6.07, 6.45) is 0.352. The zero-order valence-corrected chi connectivity index (χ0v) is 14.1. The fraction of sp³-hybridized carbons (Fsp3) is 0.235. The van der Waals surface area contributed by atoms with Crippen molar-refractivity contribution >= 4 is 34.7 Å². The van der Waals surface area contributed by atoms with E-state index in [0.29, 0.717) is 30.8 Å². The molecule has 1 heterocycles. The van der Waals surface area contributed by atoms with Gasteiger partial charge in [0.1, 0.15) is 0 Å². The van der Waals surface area contributed by atoms with E-state index in [1.807, 2.05) is 17.5 Å². The lowest BCUT2D eigenvalue weighted by Crippen LogP contribution is -2.35. The van der Waals surface area contributed by atoms with Gasteiger partial charge in [0.05, 0.1) is 6.42 Å². The SMILES string of the molecule is CC(=O)Nc1cccc(C(=O)NCCNC(=O)Cc2cccs2)c1. The molecule has 0 aliphatic carbocycles. The fourth-order valence-corrected chi connectivity index (χ4v) is 2.76. The molecule has 3 amide bonds. The van der Waals surface area contributed by atoms with Crippen LogP contribution in [0, 0.1) is 0 Å². The van der Waals surface area contributed by atoms with E-state index < -0.39 is 0 Å². The first kappa shape index (κ1) is 17.7. The van der Waals surface area contributed by atoms with Crippen LogP contribution in [0.5, 0.6) is 0 Å². The van der Waals surface area contributed by atoms with Crippen LogP contribution in [-0.4, -0.2) is 30.8 Å². The summed E-state index contributed by atoms with van der Waals surface area (Å²) >= 11 is 1.54. The van der Waals surface area contributed by atoms with E-state index in [-0.39, 0.29) is 17.7 Å². The monoisotopic (exact) mass is 345 g/mol. The van der Waals surface area contributed by atoms with Crippen LogP contribution in [0.1, 0.15) is 22.2 Å². The average molecular weight is 345 g/mol. The maximum atomic E-state index is 12.0. The number of carbonyl (C=O) groups is 3. The number of nitrogens with one attached hydrogen (secondary N) is 3. The van der Waals surface area contributed by atoms with Gasteiger partial charge >= 0.3 is 0 Å². The summed E-state index contributed by atoms with van der Waals surface area (Å²) in [6.45, 7) is 2.10. The van der Waals surface area contributed by atoms with E-state index in [1.165, 1.54) is 18.3 Å². The average Bonchev–Trinajstić information content (AvgIpc) is 3.04. The maximum Gasteiger partial charge on any atom is 0.251 e. The molecule has 0 bridgehead atoms. The van der Waals surface area contributed by atoms with Crippen molar-refractivity contribution in [3.8, 4) is 0 Å². The first-order valence-electron chi connectivity index (χ1n) is 7.49. The van der Waals surface area contributed by atoms with Gasteiger partial charge in [0, 0.05) is 36.1 Å². The minimum atomic E-state index is -0.255. The molecule has 0 spiro atoms. The minimum absolute atomic E-state index is 0.0700. The molecule has 0 fully saturated rings. The van der Waals surface area contributed by atoms with Crippen LogP contribution >= 0.6 is 11.3 Å². The number of thiophene rings is 1. The number of anilines is 1. The van der Waals surface area contributed by atoms with E-state index in [4.69, 9.17) is 0 Å². The van der Waals surface area contributed by atoms with Gasteiger partial charge in [-0.3, -0.25) is 14.4 Å². The van der Waals surface area contributed by atoms with Crippen LogP contribution in [0.3, 0.4) is 0 Å². The van der Waals surface area contributed by atoms with Gasteiger partial charge < -0.3 is 16.0 Å². The highest BCUT2D eigenvalue weighted by Gasteiger charge is 2.07. The van der Waals surface area contributed by atoms with Crippen LogP contribution in [0.4, 0.5) is 5.69 Å². The minimum Gasteiger partial charge on any atom is -0.354 e. The lowest BCUT2D eigenvalue weighted by atomic mass is 10.2. The van der Waals surface area contributed by atoms with Gasteiger partial charge in [-0.05, 0) is 29.6 Å². The van der Waals surface area contributed by atoms with Crippen LogP contribution in [0.25, 0.3) is 0 Å². The summed E-state index contributed by atoms with van der Waals surface area (Å²) in [5.74, 6) is -0.518. The number of benzene rings is 1. The molecule has 1 aromatic carbocycles. The van der Waals surface area contributed by atoms with Gasteiger partial charge in [-0.1, -0.05) is 12.1 Å². The van der Waals surface area contributed by atoms with Gasteiger partial charge in [-0.2, -0.15) is 0 Å². The topological polar surface area (TPSA) is 87.3 Å². The third kappa shape index (κ3) is 5.85. The molecular formula is C17H19N3O3S. The Balaban J connectivity index is 1.73. The molecule has 2 rings (SSSR count). The second-order valence-corrected chi connectivity index (χ2v) is 6.16. The van der Waals surface area contributed by atoms with E-state index in [1.54, 1.807) is 24.3 Å². The summed E-state index contributed by atoms with van der Waals surface area (Å²) in [5.41, 5.74) is 1.02. The molecule has 1 aromatic heterocycles. The second-order valence-electron chi connectivity index (χ2n) is 5.12. The normalized spacial score (nSPS) is 10.0. The molecule has 0 aliphatic heterocycles. The van der Waals surface area contributed by atoms with Gasteiger partial charge in [0.25, 0.3) is 5.91 Å². The van der Waals surface area contributed by atoms with Crippen LogP contribution in [0.2, 0.25) is 0 Å². The second kappa shape index (κ2) is 8.83. The van der Waals surface area contributed by atoms with Crippen molar-refractivity contribution < 1.29 is 14.4 Å². The molecule has 0 atom stereocenters. The Morgan fingerprint density at radius 1 is 1.04 bits per heavy atom. The molecule has 0 saturated carbocycles. The Labute approximate surface area is 144 Å². The summed E-state index contributed by atoms with van der Waals surface area (Å²) in [5, 5.41) is 10.0. The van der Waals surface area contributed by atoms with Gasteiger partial charge in [0.2, 0.25) is 11.8 Å². The summed E-state index contributed by atoms with van der Waals surface area (Å²) in [6, 6.07) is 10.5. The van der Waals surface area contributed by atoms with Crippen LogP contribution in [-0.2, 0) is 16.0 Å². The molecule has 24 heavy (non-hydrogen) atoms. The molecule has 0 saturated heterocycles. The predicted octanol–water partition coefficient (Wildman–Crippen LogP) is 1.80. The van der Waals surface area contributed by atoms with Crippen molar-refractivity contribution in [2.75, 3.05) is 18.4 Å². The number of amides is 3. The lowest BCUT2D eigenvalue weighted by Gasteiger charge is -2.08. The smallest absolute Gasteiger partial charge is 0.251 e. The summed E-state index contributed by atoms with van der Waals surface area (Å²) in [7, 11) is 0. The largest absolute Gasteiger partial charge is 0.354 e.